The van der Waals surface area contributed by atoms with Gasteiger partial charge in [0, 0.05) is 21.7 Å². The minimum Gasteiger partial charge on any atom is -0.268 e. The molecule has 0 N–H and O–H groups in total. The zero-order chi connectivity index (χ0) is 17.3. The lowest BCUT2D eigenvalue weighted by molar-refractivity contribution is 0.643. The summed E-state index contributed by atoms with van der Waals surface area (Å²) in [6.07, 6.45) is 0. The van der Waals surface area contributed by atoms with Crippen molar-refractivity contribution >= 4 is 23.2 Å². The van der Waals surface area contributed by atoms with Gasteiger partial charge in [0.1, 0.15) is 0 Å². The van der Waals surface area contributed by atoms with E-state index in [1.165, 1.54) is 10.7 Å². The molecule has 0 saturated carbocycles. The predicted molar refractivity (Wildman–Crippen MR) is 99.0 cm³/mol. The van der Waals surface area contributed by atoms with E-state index >= 15 is 0 Å². The van der Waals surface area contributed by atoms with E-state index < -0.39 is 0 Å². The molecular weight excluding hydrogens is 343 g/mol. The Kier molecular flexibility index (Phi) is 4.74. The first kappa shape index (κ1) is 16.7. The molecule has 3 nitrogen and oxygen atoms in total. The van der Waals surface area contributed by atoms with Gasteiger partial charge in [-0.1, -0.05) is 47.0 Å². The Balaban J connectivity index is 2.03. The molecule has 5 heteroatoms. The minimum atomic E-state index is -0.171. The molecule has 1 aromatic heterocycles. The zero-order valence-electron chi connectivity index (χ0n) is 13.4. The number of rotatable bonds is 3. The van der Waals surface area contributed by atoms with Gasteiger partial charge in [-0.3, -0.25) is 4.79 Å². The smallest absolute Gasteiger partial charge is 0.267 e. The van der Waals surface area contributed by atoms with Gasteiger partial charge in [-0.25, -0.2) is 4.68 Å². The van der Waals surface area contributed by atoms with Gasteiger partial charge in [-0.05, 0) is 49.2 Å². The summed E-state index contributed by atoms with van der Waals surface area (Å²) in [6, 6.07) is 14.7. The molecule has 0 amide bonds. The Morgan fingerprint density at radius 3 is 2.54 bits per heavy atom. The predicted octanol–water partition coefficient (Wildman–Crippen LogP) is 4.88. The highest BCUT2D eigenvalue weighted by Gasteiger charge is 2.09. The fourth-order valence-electron chi connectivity index (χ4n) is 2.53. The van der Waals surface area contributed by atoms with Crippen LogP contribution >= 0.6 is 23.2 Å². The summed E-state index contributed by atoms with van der Waals surface area (Å²) in [4.78, 5) is 12.2. The number of halogens is 2. The van der Waals surface area contributed by atoms with Crippen molar-refractivity contribution in [3.05, 3.63) is 85.6 Å². The van der Waals surface area contributed by atoms with Crippen molar-refractivity contribution < 1.29 is 0 Å². The number of hydrogen-bond acceptors (Lipinski definition) is 2. The maximum atomic E-state index is 12.2. The third-order valence-corrected chi connectivity index (χ3v) is 4.46. The molecule has 0 aliphatic carbocycles. The second-order valence-electron chi connectivity index (χ2n) is 5.77. The van der Waals surface area contributed by atoms with Crippen LogP contribution < -0.4 is 5.56 Å². The number of nitrogens with zero attached hydrogens (tertiary/aromatic N) is 2. The van der Waals surface area contributed by atoms with Crippen LogP contribution in [0.25, 0.3) is 11.3 Å². The Labute approximate surface area is 150 Å². The van der Waals surface area contributed by atoms with Crippen LogP contribution in [0.2, 0.25) is 10.0 Å². The summed E-state index contributed by atoms with van der Waals surface area (Å²) in [7, 11) is 0. The molecule has 0 aliphatic heterocycles. The summed E-state index contributed by atoms with van der Waals surface area (Å²) in [5.41, 5.74) is 4.68. The molecule has 0 aliphatic rings. The van der Waals surface area contributed by atoms with E-state index in [-0.39, 0.29) is 5.56 Å². The molecule has 0 saturated heterocycles. The van der Waals surface area contributed by atoms with Crippen LogP contribution in [0.4, 0.5) is 0 Å². The number of hydrogen-bond donors (Lipinski definition) is 0. The van der Waals surface area contributed by atoms with E-state index in [0.29, 0.717) is 16.6 Å². The van der Waals surface area contributed by atoms with Gasteiger partial charge in [0.2, 0.25) is 0 Å². The Bertz CT molecular complexity index is 964. The number of aryl methyl sites for hydroxylation is 2. The van der Waals surface area contributed by atoms with Crippen molar-refractivity contribution in [3.8, 4) is 11.3 Å². The first-order valence-corrected chi connectivity index (χ1v) is 8.29. The summed E-state index contributed by atoms with van der Waals surface area (Å²) in [6.45, 7) is 4.36. The molecule has 3 rings (SSSR count). The molecule has 0 radical (unpaired) electrons. The highest BCUT2D eigenvalue weighted by atomic mass is 35.5. The maximum absolute atomic E-state index is 12.2. The highest BCUT2D eigenvalue weighted by molar-refractivity contribution is 6.35. The fourth-order valence-corrected chi connectivity index (χ4v) is 3.00. The average molecular weight is 359 g/mol. The van der Waals surface area contributed by atoms with Gasteiger partial charge in [-0.15, -0.1) is 0 Å². The third-order valence-electron chi connectivity index (χ3n) is 3.87. The van der Waals surface area contributed by atoms with Crippen LogP contribution in [0.1, 0.15) is 16.7 Å². The number of aromatic nitrogens is 2. The van der Waals surface area contributed by atoms with E-state index in [1.807, 2.05) is 19.9 Å². The van der Waals surface area contributed by atoms with Crippen LogP contribution in [0.15, 0.2) is 53.3 Å². The lowest BCUT2D eigenvalue weighted by Gasteiger charge is -2.11. The van der Waals surface area contributed by atoms with Crippen molar-refractivity contribution in [2.75, 3.05) is 0 Å². The molecule has 0 fully saturated rings. The van der Waals surface area contributed by atoms with Gasteiger partial charge in [-0.2, -0.15) is 5.10 Å². The Morgan fingerprint density at radius 1 is 1.00 bits per heavy atom. The van der Waals surface area contributed by atoms with Gasteiger partial charge in [0.15, 0.2) is 0 Å². The largest absolute Gasteiger partial charge is 0.268 e. The topological polar surface area (TPSA) is 34.9 Å². The lowest BCUT2D eigenvalue weighted by atomic mass is 10.0. The second-order valence-corrected chi connectivity index (χ2v) is 6.61. The summed E-state index contributed by atoms with van der Waals surface area (Å²) < 4.78 is 1.42. The second kappa shape index (κ2) is 6.80. The minimum absolute atomic E-state index is 0.171. The van der Waals surface area contributed by atoms with E-state index in [0.717, 1.165) is 27.9 Å². The lowest BCUT2D eigenvalue weighted by Crippen LogP contribution is -2.23. The average Bonchev–Trinajstić information content (AvgIpc) is 2.54. The van der Waals surface area contributed by atoms with E-state index in [1.54, 1.807) is 18.2 Å². The van der Waals surface area contributed by atoms with E-state index in [4.69, 9.17) is 23.2 Å². The van der Waals surface area contributed by atoms with Crippen LogP contribution in [0, 0.1) is 13.8 Å². The van der Waals surface area contributed by atoms with Gasteiger partial charge in [0.25, 0.3) is 5.56 Å². The van der Waals surface area contributed by atoms with Crippen molar-refractivity contribution in [2.24, 2.45) is 0 Å². The molecule has 0 unspecified atom stereocenters. The molecular formula is C19H16Cl2N2O. The van der Waals surface area contributed by atoms with E-state index in [9.17, 15) is 4.79 Å². The normalized spacial score (nSPS) is 10.8. The van der Waals surface area contributed by atoms with Crippen molar-refractivity contribution in [2.45, 2.75) is 20.4 Å². The molecule has 0 bridgehead atoms. The van der Waals surface area contributed by atoms with Crippen LogP contribution in [0.5, 0.6) is 0 Å². The molecule has 122 valence electrons. The van der Waals surface area contributed by atoms with Gasteiger partial charge >= 0.3 is 0 Å². The Hall–Kier alpha value is -2.10. The number of benzene rings is 2. The summed E-state index contributed by atoms with van der Waals surface area (Å²) >= 11 is 12.1. The van der Waals surface area contributed by atoms with Gasteiger partial charge in [0.05, 0.1) is 12.2 Å². The quantitative estimate of drug-likeness (QED) is 0.668. The van der Waals surface area contributed by atoms with Crippen molar-refractivity contribution in [3.63, 3.8) is 0 Å². The van der Waals surface area contributed by atoms with Crippen molar-refractivity contribution in [1.29, 1.82) is 0 Å². The van der Waals surface area contributed by atoms with Crippen LogP contribution in [-0.4, -0.2) is 9.78 Å². The zero-order valence-corrected chi connectivity index (χ0v) is 14.9. The highest BCUT2D eigenvalue weighted by Crippen LogP contribution is 2.23. The SMILES string of the molecule is Cc1ccc(C)c(-c2ccc(=O)n(Cc3ccc(Cl)cc3Cl)n2)c1. The monoisotopic (exact) mass is 358 g/mol. The van der Waals surface area contributed by atoms with Crippen molar-refractivity contribution in [1.82, 2.24) is 9.78 Å². The molecule has 0 spiro atoms. The molecule has 2 aromatic carbocycles. The molecule has 3 aromatic rings. The van der Waals surface area contributed by atoms with Gasteiger partial charge < -0.3 is 0 Å². The molecule has 0 atom stereocenters. The first-order chi connectivity index (χ1) is 11.4. The Morgan fingerprint density at radius 2 is 1.79 bits per heavy atom. The fraction of sp³-hybridized carbons (Fsp3) is 0.158. The molecule has 24 heavy (non-hydrogen) atoms. The summed E-state index contributed by atoms with van der Waals surface area (Å²) in [5.74, 6) is 0. The standard InChI is InChI=1S/C19H16Cl2N2O/c1-12-3-4-13(2)16(9-12)18-7-8-19(24)23(22-18)11-14-5-6-15(20)10-17(14)21/h3-10H,11H2,1-2H3. The maximum Gasteiger partial charge on any atom is 0.267 e. The first-order valence-electron chi connectivity index (χ1n) is 7.54. The summed E-state index contributed by atoms with van der Waals surface area (Å²) in [5, 5.41) is 5.60. The van der Waals surface area contributed by atoms with E-state index in [2.05, 4.69) is 23.3 Å². The van der Waals surface area contributed by atoms with Crippen LogP contribution in [0.3, 0.4) is 0 Å². The van der Waals surface area contributed by atoms with Crippen LogP contribution in [-0.2, 0) is 6.54 Å². The molecule has 1 heterocycles. The third kappa shape index (κ3) is 3.53.